The molecule has 138 valence electrons. The average molecular weight is 356 g/mol. The number of nitrogens with zero attached hydrogens (tertiary/aromatic N) is 5. The van der Waals surface area contributed by atoms with Crippen molar-refractivity contribution in [3.05, 3.63) is 42.0 Å². The minimum absolute atomic E-state index is 0.0137. The van der Waals surface area contributed by atoms with Crippen molar-refractivity contribution in [3.8, 4) is 5.69 Å². The van der Waals surface area contributed by atoms with Crippen molar-refractivity contribution in [1.82, 2.24) is 29.9 Å². The van der Waals surface area contributed by atoms with E-state index in [0.29, 0.717) is 18.7 Å². The molecular weight excluding hydrogens is 332 g/mol. The predicted molar refractivity (Wildman–Crippen MR) is 97.2 cm³/mol. The van der Waals surface area contributed by atoms with Crippen LogP contribution >= 0.6 is 0 Å². The first-order valence-electron chi connectivity index (χ1n) is 8.69. The molecule has 0 aromatic carbocycles. The van der Waals surface area contributed by atoms with E-state index in [0.717, 1.165) is 24.2 Å². The smallest absolute Gasteiger partial charge is 0.317 e. The zero-order valence-electron chi connectivity index (χ0n) is 15.3. The van der Waals surface area contributed by atoms with Crippen LogP contribution in [-0.2, 0) is 0 Å². The van der Waals surface area contributed by atoms with Crippen molar-refractivity contribution < 1.29 is 9.59 Å². The van der Waals surface area contributed by atoms with Crippen molar-refractivity contribution in [1.29, 1.82) is 0 Å². The van der Waals surface area contributed by atoms with Gasteiger partial charge in [-0.3, -0.25) is 9.78 Å². The lowest BCUT2D eigenvalue weighted by Gasteiger charge is -2.32. The van der Waals surface area contributed by atoms with Crippen LogP contribution in [0.3, 0.4) is 0 Å². The van der Waals surface area contributed by atoms with Crippen molar-refractivity contribution in [2.24, 2.45) is 0 Å². The number of hydrogen-bond donors (Lipinski definition) is 1. The summed E-state index contributed by atoms with van der Waals surface area (Å²) in [4.78, 5) is 32.0. The molecule has 1 N–H and O–H groups in total. The molecule has 0 radical (unpaired) electrons. The molecule has 0 spiro atoms. The molecule has 3 amide bonds. The van der Waals surface area contributed by atoms with E-state index in [1.54, 1.807) is 37.4 Å². The van der Waals surface area contributed by atoms with Gasteiger partial charge in [-0.15, -0.1) is 0 Å². The lowest BCUT2D eigenvalue weighted by molar-refractivity contribution is 0.0706. The van der Waals surface area contributed by atoms with E-state index in [1.165, 1.54) is 4.90 Å². The molecule has 8 nitrogen and oxygen atoms in total. The monoisotopic (exact) mass is 356 g/mol. The minimum Gasteiger partial charge on any atom is -0.338 e. The first-order valence-corrected chi connectivity index (χ1v) is 8.69. The summed E-state index contributed by atoms with van der Waals surface area (Å²) in [6.45, 7) is 3.14. The Kier molecular flexibility index (Phi) is 5.20. The summed E-state index contributed by atoms with van der Waals surface area (Å²) in [7, 11) is 3.44. The molecular formula is C18H24N6O2. The molecule has 1 saturated heterocycles. The number of aromatic nitrogens is 3. The molecule has 0 bridgehead atoms. The number of hydrogen-bond acceptors (Lipinski definition) is 4. The first kappa shape index (κ1) is 17.9. The largest absolute Gasteiger partial charge is 0.338 e. The summed E-state index contributed by atoms with van der Waals surface area (Å²) in [6, 6.07) is 3.72. The Labute approximate surface area is 152 Å². The van der Waals surface area contributed by atoms with Gasteiger partial charge in [0.05, 0.1) is 23.1 Å². The summed E-state index contributed by atoms with van der Waals surface area (Å²) in [5, 5.41) is 7.34. The molecule has 1 aliphatic heterocycles. The van der Waals surface area contributed by atoms with Crippen molar-refractivity contribution in [2.45, 2.75) is 25.8 Å². The summed E-state index contributed by atoms with van der Waals surface area (Å²) < 4.78 is 1.75. The van der Waals surface area contributed by atoms with Crippen LogP contribution in [0.25, 0.3) is 5.69 Å². The Hall–Kier alpha value is -2.90. The second kappa shape index (κ2) is 7.55. The molecule has 2 aromatic rings. The van der Waals surface area contributed by atoms with E-state index in [4.69, 9.17) is 0 Å². The van der Waals surface area contributed by atoms with Crippen LogP contribution in [0.2, 0.25) is 0 Å². The Balaban J connectivity index is 1.64. The predicted octanol–water partition coefficient (Wildman–Crippen LogP) is 1.45. The Morgan fingerprint density at radius 1 is 1.19 bits per heavy atom. The first-order chi connectivity index (χ1) is 12.5. The van der Waals surface area contributed by atoms with Crippen LogP contribution in [0.1, 0.15) is 28.9 Å². The van der Waals surface area contributed by atoms with Gasteiger partial charge in [0.15, 0.2) is 0 Å². The fourth-order valence-corrected chi connectivity index (χ4v) is 3.07. The number of likely N-dealkylation sites (tertiary alicyclic amines) is 1. The summed E-state index contributed by atoms with van der Waals surface area (Å²) in [6.07, 6.45) is 6.53. The Morgan fingerprint density at radius 3 is 2.46 bits per heavy atom. The molecule has 26 heavy (non-hydrogen) atoms. The van der Waals surface area contributed by atoms with Crippen LogP contribution in [0, 0.1) is 6.92 Å². The summed E-state index contributed by atoms with van der Waals surface area (Å²) >= 11 is 0. The van der Waals surface area contributed by atoms with E-state index in [9.17, 15) is 9.59 Å². The molecule has 8 heteroatoms. The SMILES string of the molecule is Cc1c(C(=O)N2CCC(NC(=O)N(C)C)CC2)cnn1-c1ccncc1. The standard InChI is InChI=1S/C18H24N6O2/c1-13-16(12-20-24(13)15-4-8-19-9-5-15)17(25)23-10-6-14(7-11-23)21-18(26)22(2)3/h4-5,8-9,12,14H,6-7,10-11H2,1-3H3,(H,21,26). The maximum Gasteiger partial charge on any atom is 0.317 e. The fourth-order valence-electron chi connectivity index (χ4n) is 3.07. The minimum atomic E-state index is -0.0933. The molecule has 0 unspecified atom stereocenters. The maximum absolute atomic E-state index is 12.9. The molecule has 1 fully saturated rings. The summed E-state index contributed by atoms with van der Waals surface area (Å²) in [5.74, 6) is -0.0137. The van der Waals surface area contributed by atoms with Gasteiger partial charge in [0.2, 0.25) is 0 Å². The highest BCUT2D eigenvalue weighted by Crippen LogP contribution is 2.18. The molecule has 0 aliphatic carbocycles. The van der Waals surface area contributed by atoms with Gasteiger partial charge in [-0.05, 0) is 31.9 Å². The second-order valence-electron chi connectivity index (χ2n) is 6.67. The number of nitrogens with one attached hydrogen (secondary N) is 1. The van der Waals surface area contributed by atoms with Crippen molar-refractivity contribution >= 4 is 11.9 Å². The fraction of sp³-hybridized carbons (Fsp3) is 0.444. The third-order valence-electron chi connectivity index (χ3n) is 4.66. The van der Waals surface area contributed by atoms with E-state index in [2.05, 4.69) is 15.4 Å². The van der Waals surface area contributed by atoms with Crippen LogP contribution in [0.4, 0.5) is 4.79 Å². The number of urea groups is 1. The van der Waals surface area contributed by atoms with Crippen LogP contribution in [0.15, 0.2) is 30.7 Å². The molecule has 0 saturated carbocycles. The molecule has 0 atom stereocenters. The van der Waals surface area contributed by atoms with Crippen LogP contribution in [-0.4, -0.2) is 69.7 Å². The topological polar surface area (TPSA) is 83.4 Å². The van der Waals surface area contributed by atoms with E-state index in [-0.39, 0.29) is 18.0 Å². The molecule has 2 aromatic heterocycles. The number of amides is 3. The molecule has 1 aliphatic rings. The van der Waals surface area contributed by atoms with Gasteiger partial charge in [0.25, 0.3) is 5.91 Å². The van der Waals surface area contributed by atoms with Gasteiger partial charge in [-0.1, -0.05) is 0 Å². The third kappa shape index (κ3) is 3.68. The normalized spacial score (nSPS) is 15.0. The number of carbonyl (C=O) groups is 2. The number of pyridine rings is 1. The lowest BCUT2D eigenvalue weighted by atomic mass is 10.0. The van der Waals surface area contributed by atoms with Gasteiger partial charge in [0, 0.05) is 45.6 Å². The number of rotatable bonds is 3. The van der Waals surface area contributed by atoms with Gasteiger partial charge in [0.1, 0.15) is 0 Å². The van der Waals surface area contributed by atoms with Gasteiger partial charge < -0.3 is 15.1 Å². The van der Waals surface area contributed by atoms with Crippen molar-refractivity contribution in [3.63, 3.8) is 0 Å². The summed E-state index contributed by atoms with van der Waals surface area (Å²) in [5.41, 5.74) is 2.29. The molecule has 3 heterocycles. The van der Waals surface area contributed by atoms with Crippen LogP contribution < -0.4 is 5.32 Å². The quantitative estimate of drug-likeness (QED) is 0.902. The van der Waals surface area contributed by atoms with Crippen LogP contribution in [0.5, 0.6) is 0 Å². The Bertz CT molecular complexity index is 778. The third-order valence-corrected chi connectivity index (χ3v) is 4.66. The average Bonchev–Trinajstić information content (AvgIpc) is 3.04. The van der Waals surface area contributed by atoms with E-state index >= 15 is 0 Å². The second-order valence-corrected chi connectivity index (χ2v) is 6.67. The van der Waals surface area contributed by atoms with Gasteiger partial charge in [-0.2, -0.15) is 5.10 Å². The highest BCUT2D eigenvalue weighted by molar-refractivity contribution is 5.95. The van der Waals surface area contributed by atoms with E-state index in [1.807, 2.05) is 24.0 Å². The number of piperidine rings is 1. The zero-order chi connectivity index (χ0) is 18.7. The highest BCUT2D eigenvalue weighted by Gasteiger charge is 2.27. The van der Waals surface area contributed by atoms with E-state index < -0.39 is 0 Å². The Morgan fingerprint density at radius 2 is 1.85 bits per heavy atom. The maximum atomic E-state index is 12.9. The highest BCUT2D eigenvalue weighted by atomic mass is 16.2. The lowest BCUT2D eigenvalue weighted by Crippen LogP contribution is -2.48. The van der Waals surface area contributed by atoms with Crippen molar-refractivity contribution in [2.75, 3.05) is 27.2 Å². The zero-order valence-corrected chi connectivity index (χ0v) is 15.3. The number of carbonyl (C=O) groups excluding carboxylic acids is 2. The van der Waals surface area contributed by atoms with Gasteiger partial charge >= 0.3 is 6.03 Å². The van der Waals surface area contributed by atoms with Gasteiger partial charge in [-0.25, -0.2) is 9.48 Å². The molecule has 3 rings (SSSR count).